The predicted molar refractivity (Wildman–Crippen MR) is 69.6 cm³/mol. The van der Waals surface area contributed by atoms with Crippen LogP contribution in [0.2, 0.25) is 0 Å². The van der Waals surface area contributed by atoms with Crippen molar-refractivity contribution in [3.8, 4) is 5.75 Å². The number of ketones is 2. The fourth-order valence-electron chi connectivity index (χ4n) is 2.70. The molecule has 0 spiro atoms. The van der Waals surface area contributed by atoms with E-state index in [0.29, 0.717) is 23.3 Å². The first kappa shape index (κ1) is 12.9. The Labute approximate surface area is 115 Å². The van der Waals surface area contributed by atoms with E-state index >= 15 is 0 Å². The standard InChI is InChI=1S/C15H14O5/c1-7-5-11(16)20-15-12(7)13(17)9-4-3-8(19-2)6-10(9)14(15)18/h3-4,6-7,11,16H,5H2,1-2H3. The summed E-state index contributed by atoms with van der Waals surface area (Å²) in [5.74, 6) is -0.323. The molecule has 2 aliphatic rings. The van der Waals surface area contributed by atoms with Gasteiger partial charge in [-0.2, -0.15) is 0 Å². The smallest absolute Gasteiger partial charge is 0.229 e. The fraction of sp³-hybridized carbons (Fsp3) is 0.333. The van der Waals surface area contributed by atoms with Crippen LogP contribution in [0.5, 0.6) is 5.75 Å². The summed E-state index contributed by atoms with van der Waals surface area (Å²) in [6.07, 6.45) is -0.740. The molecule has 0 saturated carbocycles. The number of aliphatic hydroxyl groups is 1. The zero-order valence-corrected chi connectivity index (χ0v) is 11.2. The van der Waals surface area contributed by atoms with Crippen LogP contribution in [-0.4, -0.2) is 30.1 Å². The van der Waals surface area contributed by atoms with Crippen molar-refractivity contribution in [3.63, 3.8) is 0 Å². The molecule has 1 aromatic carbocycles. The highest BCUT2D eigenvalue weighted by atomic mass is 16.6. The molecule has 0 radical (unpaired) electrons. The minimum absolute atomic E-state index is 0.0259. The zero-order chi connectivity index (χ0) is 14.4. The number of methoxy groups -OCH3 is 1. The van der Waals surface area contributed by atoms with E-state index in [1.54, 1.807) is 19.1 Å². The van der Waals surface area contributed by atoms with E-state index in [9.17, 15) is 14.7 Å². The summed E-state index contributed by atoms with van der Waals surface area (Å²) < 4.78 is 10.3. The van der Waals surface area contributed by atoms with Crippen LogP contribution in [-0.2, 0) is 4.74 Å². The molecule has 20 heavy (non-hydrogen) atoms. The maximum atomic E-state index is 12.5. The molecule has 0 fully saturated rings. The predicted octanol–water partition coefficient (Wildman–Crippen LogP) is 1.70. The quantitative estimate of drug-likeness (QED) is 0.843. The van der Waals surface area contributed by atoms with E-state index in [0.717, 1.165) is 0 Å². The fourth-order valence-corrected chi connectivity index (χ4v) is 2.70. The molecule has 1 aromatic rings. The van der Waals surface area contributed by atoms with E-state index in [1.807, 2.05) is 0 Å². The normalized spacial score (nSPS) is 24.9. The SMILES string of the molecule is COc1ccc2c(c1)C(=O)C1=C(C2=O)C(C)CC(O)O1. The molecule has 2 atom stereocenters. The molecule has 1 heterocycles. The van der Waals surface area contributed by atoms with E-state index < -0.39 is 6.29 Å². The van der Waals surface area contributed by atoms with Crippen molar-refractivity contribution in [3.05, 3.63) is 40.7 Å². The number of carbonyl (C=O) groups excluding carboxylic acids is 2. The summed E-state index contributed by atoms with van der Waals surface area (Å²) in [7, 11) is 1.49. The summed E-state index contributed by atoms with van der Waals surface area (Å²) in [5, 5.41) is 9.63. The zero-order valence-electron chi connectivity index (χ0n) is 11.2. The third-order valence-electron chi connectivity index (χ3n) is 3.71. The Bertz CT molecular complexity index is 644. The van der Waals surface area contributed by atoms with Gasteiger partial charge in [-0.25, -0.2) is 0 Å². The monoisotopic (exact) mass is 274 g/mol. The van der Waals surface area contributed by atoms with Gasteiger partial charge in [0.1, 0.15) is 5.75 Å². The van der Waals surface area contributed by atoms with Crippen molar-refractivity contribution in [2.24, 2.45) is 5.92 Å². The molecule has 0 aromatic heterocycles. The molecule has 0 saturated heterocycles. The maximum Gasteiger partial charge on any atom is 0.229 e. The first-order valence-electron chi connectivity index (χ1n) is 6.39. The molecular formula is C15H14O5. The van der Waals surface area contributed by atoms with Crippen LogP contribution >= 0.6 is 0 Å². The van der Waals surface area contributed by atoms with Gasteiger partial charge in [-0.1, -0.05) is 6.92 Å². The molecular weight excluding hydrogens is 260 g/mol. The topological polar surface area (TPSA) is 72.8 Å². The highest BCUT2D eigenvalue weighted by Gasteiger charge is 2.40. The lowest BCUT2D eigenvalue weighted by atomic mass is 9.80. The molecule has 1 N–H and O–H groups in total. The Balaban J connectivity index is 2.17. The van der Waals surface area contributed by atoms with E-state index in [4.69, 9.17) is 9.47 Å². The molecule has 1 aliphatic heterocycles. The molecule has 3 rings (SSSR count). The Morgan fingerprint density at radius 1 is 1.25 bits per heavy atom. The second kappa shape index (κ2) is 4.45. The lowest BCUT2D eigenvalue weighted by Crippen LogP contribution is -2.34. The van der Waals surface area contributed by atoms with Crippen LogP contribution in [0.3, 0.4) is 0 Å². The number of allylic oxidation sites excluding steroid dienone is 2. The van der Waals surface area contributed by atoms with Gasteiger partial charge in [0.15, 0.2) is 17.8 Å². The second-order valence-electron chi connectivity index (χ2n) is 5.02. The minimum atomic E-state index is -1.05. The van der Waals surface area contributed by atoms with Gasteiger partial charge in [0.25, 0.3) is 0 Å². The summed E-state index contributed by atoms with van der Waals surface area (Å²) >= 11 is 0. The molecule has 0 bridgehead atoms. The van der Waals surface area contributed by atoms with E-state index in [1.165, 1.54) is 13.2 Å². The lowest BCUT2D eigenvalue weighted by molar-refractivity contribution is -0.0843. The van der Waals surface area contributed by atoms with E-state index in [2.05, 4.69) is 0 Å². The lowest BCUT2D eigenvalue weighted by Gasteiger charge is -2.31. The highest BCUT2D eigenvalue weighted by Crippen LogP contribution is 2.37. The van der Waals surface area contributed by atoms with Crippen molar-refractivity contribution in [1.29, 1.82) is 0 Å². The Morgan fingerprint density at radius 2 is 2.00 bits per heavy atom. The molecule has 5 nitrogen and oxygen atoms in total. The van der Waals surface area contributed by atoms with Crippen LogP contribution in [0.1, 0.15) is 34.1 Å². The van der Waals surface area contributed by atoms with Gasteiger partial charge in [0.2, 0.25) is 5.78 Å². The van der Waals surface area contributed by atoms with Gasteiger partial charge in [-0.3, -0.25) is 9.59 Å². The minimum Gasteiger partial charge on any atom is -0.497 e. The molecule has 104 valence electrons. The first-order chi connectivity index (χ1) is 9.52. The number of benzene rings is 1. The summed E-state index contributed by atoms with van der Waals surface area (Å²) in [4.78, 5) is 25.0. The van der Waals surface area contributed by atoms with Crippen molar-refractivity contribution < 1.29 is 24.2 Å². The molecule has 5 heteroatoms. The van der Waals surface area contributed by atoms with Gasteiger partial charge < -0.3 is 14.6 Å². The van der Waals surface area contributed by atoms with Crippen LogP contribution in [0.25, 0.3) is 0 Å². The number of ether oxygens (including phenoxy) is 2. The average Bonchev–Trinajstić information content (AvgIpc) is 2.43. The maximum absolute atomic E-state index is 12.5. The number of Topliss-reactive ketones (excluding diaryl/α,β-unsaturated/α-hetero) is 2. The van der Waals surface area contributed by atoms with Gasteiger partial charge in [-0.05, 0) is 24.1 Å². The van der Waals surface area contributed by atoms with Gasteiger partial charge in [0, 0.05) is 23.1 Å². The third-order valence-corrected chi connectivity index (χ3v) is 3.71. The summed E-state index contributed by atoms with van der Waals surface area (Å²) in [6, 6.07) is 4.77. The summed E-state index contributed by atoms with van der Waals surface area (Å²) in [6.45, 7) is 1.81. The Kier molecular flexibility index (Phi) is 2.87. The van der Waals surface area contributed by atoms with Crippen LogP contribution in [0, 0.1) is 5.92 Å². The number of hydrogen-bond donors (Lipinski definition) is 1. The highest BCUT2D eigenvalue weighted by molar-refractivity contribution is 6.26. The Hall–Kier alpha value is -2.14. The third kappa shape index (κ3) is 1.74. The number of rotatable bonds is 1. The largest absolute Gasteiger partial charge is 0.497 e. The summed E-state index contributed by atoms with van der Waals surface area (Å²) in [5.41, 5.74) is 0.980. The van der Waals surface area contributed by atoms with Crippen molar-refractivity contribution in [2.45, 2.75) is 19.6 Å². The molecule has 0 amide bonds. The Morgan fingerprint density at radius 3 is 2.70 bits per heavy atom. The van der Waals surface area contributed by atoms with Gasteiger partial charge in [0.05, 0.1) is 7.11 Å². The second-order valence-corrected chi connectivity index (χ2v) is 5.02. The van der Waals surface area contributed by atoms with Crippen molar-refractivity contribution in [1.82, 2.24) is 0 Å². The molecule has 1 aliphatic carbocycles. The van der Waals surface area contributed by atoms with E-state index in [-0.39, 0.29) is 28.8 Å². The average molecular weight is 274 g/mol. The van der Waals surface area contributed by atoms with Crippen LogP contribution < -0.4 is 4.74 Å². The first-order valence-corrected chi connectivity index (χ1v) is 6.39. The van der Waals surface area contributed by atoms with Crippen molar-refractivity contribution >= 4 is 11.6 Å². The van der Waals surface area contributed by atoms with Crippen LogP contribution in [0.4, 0.5) is 0 Å². The van der Waals surface area contributed by atoms with Crippen LogP contribution in [0.15, 0.2) is 29.5 Å². The number of hydrogen-bond acceptors (Lipinski definition) is 5. The van der Waals surface area contributed by atoms with Crippen molar-refractivity contribution in [2.75, 3.05) is 7.11 Å². The van der Waals surface area contributed by atoms with Gasteiger partial charge in [-0.15, -0.1) is 0 Å². The van der Waals surface area contributed by atoms with Gasteiger partial charge >= 0.3 is 0 Å². The molecule has 2 unspecified atom stereocenters. The number of carbonyl (C=O) groups is 2. The number of fused-ring (bicyclic) bond motifs is 1. The number of aliphatic hydroxyl groups excluding tert-OH is 1.